The van der Waals surface area contributed by atoms with Crippen molar-refractivity contribution in [3.63, 3.8) is 0 Å². The molecule has 0 aromatic carbocycles. The highest BCUT2D eigenvalue weighted by molar-refractivity contribution is 7.14. The molecule has 2 rings (SSSR count). The van der Waals surface area contributed by atoms with Crippen molar-refractivity contribution in [3.8, 4) is 0 Å². The first-order chi connectivity index (χ1) is 5.47. The van der Waals surface area contributed by atoms with Gasteiger partial charge in [0.2, 0.25) is 0 Å². The predicted octanol–water partition coefficient (Wildman–Crippen LogP) is 2.64. The molecule has 0 atom stereocenters. The number of nitrogens with zero attached hydrogens (tertiary/aromatic N) is 1. The second-order valence-electron chi connectivity index (χ2n) is 2.37. The fourth-order valence-corrected chi connectivity index (χ4v) is 1.79. The van der Waals surface area contributed by atoms with Gasteiger partial charge in [0, 0.05) is 12.7 Å². The minimum Gasteiger partial charge on any atom is -0.336 e. The maximum absolute atomic E-state index is 2.23. The lowest BCUT2D eigenvalue weighted by Crippen LogP contribution is -2.15. The van der Waals surface area contributed by atoms with Crippen molar-refractivity contribution in [2.45, 2.75) is 0 Å². The quantitative estimate of drug-likeness (QED) is 0.615. The molecular weight excluding hydrogens is 154 g/mol. The predicted molar refractivity (Wildman–Crippen MR) is 49.9 cm³/mol. The van der Waals surface area contributed by atoms with Crippen molar-refractivity contribution in [2.24, 2.45) is 0 Å². The number of anilines is 1. The molecule has 0 fully saturated rings. The Kier molecular flexibility index (Phi) is 1.78. The zero-order chi connectivity index (χ0) is 7.52. The summed E-state index contributed by atoms with van der Waals surface area (Å²) in [5.41, 5.74) is 0. The first kappa shape index (κ1) is 6.68. The summed E-state index contributed by atoms with van der Waals surface area (Å²) in [5.74, 6) is 0. The van der Waals surface area contributed by atoms with Crippen molar-refractivity contribution >= 4 is 16.3 Å². The van der Waals surface area contributed by atoms with E-state index >= 15 is 0 Å². The molecule has 2 heterocycles. The Hall–Kier alpha value is -1.02. The largest absolute Gasteiger partial charge is 0.336 e. The standard InChI is InChI=1S/C9H9NS/c1-2-6-10(7-3-1)9-5-4-8-11-9/h1-6,8H,7H2. The van der Waals surface area contributed by atoms with Crippen LogP contribution in [0.3, 0.4) is 0 Å². The topological polar surface area (TPSA) is 3.24 Å². The van der Waals surface area contributed by atoms with Gasteiger partial charge in [-0.25, -0.2) is 0 Å². The minimum atomic E-state index is 0.997. The second-order valence-corrected chi connectivity index (χ2v) is 3.30. The number of hydrogen-bond donors (Lipinski definition) is 0. The summed E-state index contributed by atoms with van der Waals surface area (Å²) in [7, 11) is 0. The Labute approximate surface area is 70.3 Å². The molecule has 0 radical (unpaired) electrons. The van der Waals surface area contributed by atoms with E-state index in [4.69, 9.17) is 0 Å². The van der Waals surface area contributed by atoms with Crippen LogP contribution < -0.4 is 4.90 Å². The van der Waals surface area contributed by atoms with Crippen molar-refractivity contribution in [1.82, 2.24) is 0 Å². The van der Waals surface area contributed by atoms with Gasteiger partial charge in [0.1, 0.15) is 0 Å². The van der Waals surface area contributed by atoms with Crippen molar-refractivity contribution in [1.29, 1.82) is 0 Å². The molecule has 11 heavy (non-hydrogen) atoms. The number of thiophene rings is 1. The van der Waals surface area contributed by atoms with Gasteiger partial charge < -0.3 is 4.90 Å². The monoisotopic (exact) mass is 163 g/mol. The molecule has 1 aliphatic heterocycles. The molecule has 1 aromatic heterocycles. The summed E-state index contributed by atoms with van der Waals surface area (Å²) in [4.78, 5) is 2.23. The highest BCUT2D eigenvalue weighted by Gasteiger charge is 2.02. The molecule has 1 nitrogen and oxygen atoms in total. The Bertz CT molecular complexity index is 272. The van der Waals surface area contributed by atoms with Crippen LogP contribution >= 0.6 is 11.3 Å². The third-order valence-electron chi connectivity index (χ3n) is 1.60. The van der Waals surface area contributed by atoms with E-state index in [-0.39, 0.29) is 0 Å². The summed E-state index contributed by atoms with van der Waals surface area (Å²) >= 11 is 1.77. The lowest BCUT2D eigenvalue weighted by Gasteiger charge is -2.17. The lowest BCUT2D eigenvalue weighted by molar-refractivity contribution is 1.09. The molecule has 2 heteroatoms. The van der Waals surface area contributed by atoms with E-state index in [9.17, 15) is 0 Å². The van der Waals surface area contributed by atoms with Gasteiger partial charge in [-0.2, -0.15) is 0 Å². The molecule has 1 aliphatic rings. The van der Waals surface area contributed by atoms with E-state index in [1.54, 1.807) is 11.3 Å². The van der Waals surface area contributed by atoms with E-state index in [1.165, 1.54) is 5.00 Å². The first-order valence-corrected chi connectivity index (χ1v) is 4.48. The van der Waals surface area contributed by atoms with Crippen LogP contribution in [-0.2, 0) is 0 Å². The molecule has 0 amide bonds. The third-order valence-corrected chi connectivity index (χ3v) is 2.51. The molecular formula is C9H9NS. The average Bonchev–Trinajstić information content (AvgIpc) is 2.58. The lowest BCUT2D eigenvalue weighted by atomic mass is 10.3. The zero-order valence-corrected chi connectivity index (χ0v) is 6.92. The first-order valence-electron chi connectivity index (χ1n) is 3.60. The fraction of sp³-hybridized carbons (Fsp3) is 0.111. The number of hydrogen-bond acceptors (Lipinski definition) is 2. The highest BCUT2D eigenvalue weighted by atomic mass is 32.1. The molecule has 0 N–H and O–H groups in total. The van der Waals surface area contributed by atoms with Crippen molar-refractivity contribution in [2.75, 3.05) is 11.4 Å². The normalized spacial score (nSPS) is 15.8. The van der Waals surface area contributed by atoms with Crippen LogP contribution in [-0.4, -0.2) is 6.54 Å². The molecule has 0 aliphatic carbocycles. The maximum Gasteiger partial charge on any atom is 0.0951 e. The summed E-state index contributed by atoms with van der Waals surface area (Å²) in [6.07, 6.45) is 8.39. The Morgan fingerprint density at radius 1 is 1.36 bits per heavy atom. The van der Waals surface area contributed by atoms with Crippen molar-refractivity contribution < 1.29 is 0 Å². The summed E-state index contributed by atoms with van der Waals surface area (Å²) in [5, 5.41) is 3.41. The minimum absolute atomic E-state index is 0.997. The van der Waals surface area contributed by atoms with Gasteiger partial charge in [-0.05, 0) is 23.6 Å². The molecule has 0 saturated heterocycles. The molecule has 0 bridgehead atoms. The third kappa shape index (κ3) is 1.35. The number of allylic oxidation sites excluding steroid dienone is 2. The van der Waals surface area contributed by atoms with Crippen LogP contribution in [0.5, 0.6) is 0 Å². The van der Waals surface area contributed by atoms with Gasteiger partial charge in [0.15, 0.2) is 0 Å². The Morgan fingerprint density at radius 3 is 3.00 bits per heavy atom. The summed E-state index contributed by atoms with van der Waals surface area (Å²) in [6.45, 7) is 0.997. The van der Waals surface area contributed by atoms with Gasteiger partial charge in [-0.3, -0.25) is 0 Å². The smallest absolute Gasteiger partial charge is 0.0951 e. The zero-order valence-electron chi connectivity index (χ0n) is 6.10. The van der Waals surface area contributed by atoms with Gasteiger partial charge in [0.05, 0.1) is 5.00 Å². The van der Waals surface area contributed by atoms with E-state index in [1.807, 2.05) is 0 Å². The summed E-state index contributed by atoms with van der Waals surface area (Å²) < 4.78 is 0. The molecule has 56 valence electrons. The molecule has 0 unspecified atom stereocenters. The van der Waals surface area contributed by atoms with E-state index < -0.39 is 0 Å². The van der Waals surface area contributed by atoms with Crippen LogP contribution in [0.1, 0.15) is 0 Å². The second kappa shape index (κ2) is 2.93. The van der Waals surface area contributed by atoms with Crippen LogP contribution in [0, 0.1) is 0 Å². The van der Waals surface area contributed by atoms with E-state index in [0.29, 0.717) is 0 Å². The van der Waals surface area contributed by atoms with Gasteiger partial charge in [-0.1, -0.05) is 12.2 Å². The molecule has 1 aromatic rings. The number of rotatable bonds is 1. The van der Waals surface area contributed by atoms with E-state index in [2.05, 4.69) is 46.8 Å². The van der Waals surface area contributed by atoms with Crippen LogP contribution in [0.4, 0.5) is 5.00 Å². The van der Waals surface area contributed by atoms with Gasteiger partial charge >= 0.3 is 0 Å². The van der Waals surface area contributed by atoms with Gasteiger partial charge in [0.25, 0.3) is 0 Å². The van der Waals surface area contributed by atoms with Crippen molar-refractivity contribution in [3.05, 3.63) is 41.9 Å². The Balaban J connectivity index is 2.19. The molecule has 0 spiro atoms. The fourth-order valence-electron chi connectivity index (χ4n) is 1.06. The Morgan fingerprint density at radius 2 is 2.36 bits per heavy atom. The SMILES string of the molecule is C1=CCN(c2cccs2)C=C1. The van der Waals surface area contributed by atoms with Crippen LogP contribution in [0.25, 0.3) is 0 Å². The van der Waals surface area contributed by atoms with Crippen LogP contribution in [0.2, 0.25) is 0 Å². The van der Waals surface area contributed by atoms with Crippen LogP contribution in [0.15, 0.2) is 41.9 Å². The summed E-state index contributed by atoms with van der Waals surface area (Å²) in [6, 6.07) is 4.21. The highest BCUT2D eigenvalue weighted by Crippen LogP contribution is 2.22. The van der Waals surface area contributed by atoms with Gasteiger partial charge in [-0.15, -0.1) is 11.3 Å². The average molecular weight is 163 g/mol. The maximum atomic E-state index is 2.23. The molecule has 0 saturated carbocycles. The van der Waals surface area contributed by atoms with E-state index in [0.717, 1.165) is 6.54 Å².